The van der Waals surface area contributed by atoms with Crippen molar-refractivity contribution in [3.63, 3.8) is 0 Å². The van der Waals surface area contributed by atoms with E-state index in [-0.39, 0.29) is 5.91 Å². The van der Waals surface area contributed by atoms with E-state index in [1.165, 1.54) is 0 Å². The molecule has 0 atom stereocenters. The molecule has 0 saturated heterocycles. The highest BCUT2D eigenvalue weighted by atomic mass is 127. The van der Waals surface area contributed by atoms with Gasteiger partial charge in [0, 0.05) is 5.56 Å². The third-order valence-corrected chi connectivity index (χ3v) is 4.06. The van der Waals surface area contributed by atoms with Crippen LogP contribution in [-0.4, -0.2) is 26.3 Å². The Balaban J connectivity index is 2.03. The summed E-state index contributed by atoms with van der Waals surface area (Å²) in [6.07, 6.45) is 1.60. The molecule has 0 bridgehead atoms. The van der Waals surface area contributed by atoms with E-state index in [1.54, 1.807) is 38.6 Å². The smallest absolute Gasteiger partial charge is 0.271 e. The van der Waals surface area contributed by atoms with Gasteiger partial charge in [0.25, 0.3) is 5.91 Å². The maximum atomic E-state index is 12.1. The lowest BCUT2D eigenvalue weighted by atomic mass is 10.1. The number of halogens is 1. The predicted octanol–water partition coefficient (Wildman–Crippen LogP) is 3.38. The molecular formula is C17H17IN2O3. The zero-order chi connectivity index (χ0) is 16.8. The Labute approximate surface area is 148 Å². The first-order valence-corrected chi connectivity index (χ1v) is 7.94. The van der Waals surface area contributed by atoms with Crippen molar-refractivity contribution in [3.8, 4) is 11.5 Å². The summed E-state index contributed by atoms with van der Waals surface area (Å²) < 4.78 is 11.2. The van der Waals surface area contributed by atoms with Crippen molar-refractivity contribution in [2.75, 3.05) is 14.2 Å². The van der Waals surface area contributed by atoms with Gasteiger partial charge in [-0.1, -0.05) is 0 Å². The summed E-state index contributed by atoms with van der Waals surface area (Å²) in [6.45, 7) is 1.95. The molecule has 2 rings (SSSR count). The standard InChI is InChI=1S/C17H17IN2O3/c1-11-8-12(4-6-15(11)22-2)10-19-20-17(21)13-5-7-16(23-3)14(18)9-13/h4-10H,1-3H3,(H,20,21). The van der Waals surface area contributed by atoms with E-state index in [1.807, 2.05) is 25.1 Å². The number of nitrogens with one attached hydrogen (secondary N) is 1. The summed E-state index contributed by atoms with van der Waals surface area (Å²) >= 11 is 2.12. The predicted molar refractivity (Wildman–Crippen MR) is 98.5 cm³/mol. The number of nitrogens with zero attached hydrogens (tertiary/aromatic N) is 1. The number of methoxy groups -OCH3 is 2. The van der Waals surface area contributed by atoms with Gasteiger partial charge < -0.3 is 9.47 Å². The van der Waals surface area contributed by atoms with Crippen molar-refractivity contribution in [2.24, 2.45) is 5.10 Å². The molecule has 0 aromatic heterocycles. The van der Waals surface area contributed by atoms with E-state index in [0.717, 1.165) is 26.2 Å². The summed E-state index contributed by atoms with van der Waals surface area (Å²) in [5, 5.41) is 3.99. The summed E-state index contributed by atoms with van der Waals surface area (Å²) in [7, 11) is 3.23. The van der Waals surface area contributed by atoms with Gasteiger partial charge in [0.15, 0.2) is 0 Å². The fourth-order valence-corrected chi connectivity index (χ4v) is 2.76. The minimum atomic E-state index is -0.271. The van der Waals surface area contributed by atoms with Crippen molar-refractivity contribution < 1.29 is 14.3 Å². The van der Waals surface area contributed by atoms with Crippen LogP contribution in [0.15, 0.2) is 41.5 Å². The highest BCUT2D eigenvalue weighted by Gasteiger charge is 2.07. The van der Waals surface area contributed by atoms with Gasteiger partial charge in [-0.2, -0.15) is 5.10 Å². The van der Waals surface area contributed by atoms with Gasteiger partial charge in [-0.25, -0.2) is 5.43 Å². The van der Waals surface area contributed by atoms with Crippen molar-refractivity contribution in [3.05, 3.63) is 56.7 Å². The lowest BCUT2D eigenvalue weighted by Crippen LogP contribution is -2.17. The first-order chi connectivity index (χ1) is 11.0. The normalized spacial score (nSPS) is 10.6. The number of aryl methyl sites for hydroxylation is 1. The molecule has 0 aliphatic heterocycles. The van der Waals surface area contributed by atoms with Crippen LogP contribution in [0.3, 0.4) is 0 Å². The zero-order valence-electron chi connectivity index (χ0n) is 13.1. The second kappa shape index (κ2) is 7.96. The Kier molecular flexibility index (Phi) is 5.97. The monoisotopic (exact) mass is 424 g/mol. The first-order valence-electron chi connectivity index (χ1n) is 6.86. The molecule has 120 valence electrons. The van der Waals surface area contributed by atoms with E-state index in [9.17, 15) is 4.79 Å². The third kappa shape index (κ3) is 4.44. The number of ether oxygens (including phenoxy) is 2. The van der Waals surface area contributed by atoms with Gasteiger partial charge in [-0.3, -0.25) is 4.79 Å². The Bertz CT molecular complexity index is 745. The number of benzene rings is 2. The fourth-order valence-electron chi connectivity index (χ4n) is 2.02. The van der Waals surface area contributed by atoms with E-state index in [4.69, 9.17) is 9.47 Å². The van der Waals surface area contributed by atoms with Gasteiger partial charge in [0.2, 0.25) is 0 Å². The van der Waals surface area contributed by atoms with Crippen LogP contribution in [0.25, 0.3) is 0 Å². The number of carbonyl (C=O) groups is 1. The molecule has 2 aromatic rings. The second-order valence-electron chi connectivity index (χ2n) is 4.78. The van der Waals surface area contributed by atoms with Crippen LogP contribution in [0.1, 0.15) is 21.5 Å². The first kappa shape index (κ1) is 17.3. The molecule has 0 saturated carbocycles. The van der Waals surface area contributed by atoms with Crippen molar-refractivity contribution in [1.29, 1.82) is 0 Å². The van der Waals surface area contributed by atoms with Crippen LogP contribution in [-0.2, 0) is 0 Å². The summed E-state index contributed by atoms with van der Waals surface area (Å²) in [5.41, 5.74) is 4.93. The van der Waals surface area contributed by atoms with Crippen LogP contribution in [0.2, 0.25) is 0 Å². The van der Waals surface area contributed by atoms with Gasteiger partial charge in [-0.15, -0.1) is 0 Å². The molecular weight excluding hydrogens is 407 g/mol. The molecule has 1 N–H and O–H groups in total. The fraction of sp³-hybridized carbons (Fsp3) is 0.176. The molecule has 0 heterocycles. The highest BCUT2D eigenvalue weighted by Crippen LogP contribution is 2.21. The van der Waals surface area contributed by atoms with Crippen LogP contribution < -0.4 is 14.9 Å². The van der Waals surface area contributed by atoms with Crippen LogP contribution in [0.5, 0.6) is 11.5 Å². The largest absolute Gasteiger partial charge is 0.496 e. The molecule has 5 nitrogen and oxygen atoms in total. The molecule has 0 spiro atoms. The minimum Gasteiger partial charge on any atom is -0.496 e. The van der Waals surface area contributed by atoms with Gasteiger partial charge in [0.05, 0.1) is 24.0 Å². The lowest BCUT2D eigenvalue weighted by Gasteiger charge is -2.06. The van der Waals surface area contributed by atoms with Crippen molar-refractivity contribution >= 4 is 34.7 Å². The molecule has 1 amide bonds. The highest BCUT2D eigenvalue weighted by molar-refractivity contribution is 14.1. The average Bonchev–Trinajstić information content (AvgIpc) is 2.54. The van der Waals surface area contributed by atoms with Gasteiger partial charge in [0.1, 0.15) is 11.5 Å². The maximum Gasteiger partial charge on any atom is 0.271 e. The number of hydrogen-bond donors (Lipinski definition) is 1. The molecule has 6 heteroatoms. The van der Waals surface area contributed by atoms with Gasteiger partial charge >= 0.3 is 0 Å². The van der Waals surface area contributed by atoms with Gasteiger partial charge in [-0.05, 0) is 77.0 Å². The van der Waals surface area contributed by atoms with Crippen molar-refractivity contribution in [1.82, 2.24) is 5.43 Å². The summed E-state index contributed by atoms with van der Waals surface area (Å²) in [5.74, 6) is 1.28. The lowest BCUT2D eigenvalue weighted by molar-refractivity contribution is 0.0955. The van der Waals surface area contributed by atoms with Crippen molar-refractivity contribution in [2.45, 2.75) is 6.92 Å². The molecule has 0 fully saturated rings. The average molecular weight is 424 g/mol. The molecule has 0 aliphatic carbocycles. The molecule has 0 radical (unpaired) electrons. The SMILES string of the molecule is COc1ccc(C=NNC(=O)c2ccc(OC)c(I)c2)cc1C. The van der Waals surface area contributed by atoms with E-state index in [2.05, 4.69) is 33.1 Å². The Hall–Kier alpha value is -2.09. The minimum absolute atomic E-state index is 0.271. The number of amides is 1. The Morgan fingerprint density at radius 1 is 1.13 bits per heavy atom. The molecule has 2 aromatic carbocycles. The Morgan fingerprint density at radius 3 is 2.43 bits per heavy atom. The van der Waals surface area contributed by atoms with E-state index < -0.39 is 0 Å². The third-order valence-electron chi connectivity index (χ3n) is 3.21. The second-order valence-corrected chi connectivity index (χ2v) is 5.94. The zero-order valence-corrected chi connectivity index (χ0v) is 15.2. The van der Waals surface area contributed by atoms with E-state index in [0.29, 0.717) is 5.56 Å². The van der Waals surface area contributed by atoms with Crippen LogP contribution in [0, 0.1) is 10.5 Å². The molecule has 0 unspecified atom stereocenters. The molecule has 0 aliphatic rings. The van der Waals surface area contributed by atoms with Crippen LogP contribution >= 0.6 is 22.6 Å². The number of rotatable bonds is 5. The molecule has 23 heavy (non-hydrogen) atoms. The van der Waals surface area contributed by atoms with Crippen LogP contribution in [0.4, 0.5) is 0 Å². The maximum absolute atomic E-state index is 12.1. The quantitative estimate of drug-likeness (QED) is 0.455. The Morgan fingerprint density at radius 2 is 1.83 bits per heavy atom. The summed E-state index contributed by atoms with van der Waals surface area (Å²) in [6, 6.07) is 10.9. The number of hydrazone groups is 1. The number of hydrogen-bond acceptors (Lipinski definition) is 4. The number of carbonyl (C=O) groups excluding carboxylic acids is 1. The topological polar surface area (TPSA) is 59.9 Å². The summed E-state index contributed by atoms with van der Waals surface area (Å²) in [4.78, 5) is 12.1. The van der Waals surface area contributed by atoms with E-state index >= 15 is 0 Å².